The first-order valence-electron chi connectivity index (χ1n) is 5.78. The zero-order valence-electron chi connectivity index (χ0n) is 10.2. The van der Waals surface area contributed by atoms with Crippen LogP contribution in [0, 0.1) is 0 Å². The van der Waals surface area contributed by atoms with Crippen molar-refractivity contribution in [2.24, 2.45) is 0 Å². The van der Waals surface area contributed by atoms with E-state index in [1.165, 1.54) is 15.3 Å². The second kappa shape index (κ2) is 5.84. The summed E-state index contributed by atoms with van der Waals surface area (Å²) in [6.07, 6.45) is 0. The number of rotatable bonds is 5. The summed E-state index contributed by atoms with van der Waals surface area (Å²) in [4.78, 5) is 2.61. The van der Waals surface area contributed by atoms with Gasteiger partial charge in [0.25, 0.3) is 0 Å². The normalized spacial score (nSPS) is 10.5. The van der Waals surface area contributed by atoms with Gasteiger partial charge in [0.1, 0.15) is 5.75 Å². The van der Waals surface area contributed by atoms with Crippen LogP contribution in [0.4, 0.5) is 0 Å². The number of benzene rings is 1. The Labute approximate surface area is 106 Å². The summed E-state index contributed by atoms with van der Waals surface area (Å²) in [5.74, 6) is 0.935. The van der Waals surface area contributed by atoms with Gasteiger partial charge in [-0.2, -0.15) is 0 Å². The Hall–Kier alpha value is -1.32. The molecule has 0 aliphatic rings. The predicted molar refractivity (Wildman–Crippen MR) is 73.7 cm³/mol. The third-order valence-electron chi connectivity index (χ3n) is 2.58. The van der Waals surface area contributed by atoms with Crippen LogP contribution >= 0.6 is 11.3 Å². The number of nitrogens with one attached hydrogen (secondary N) is 1. The fraction of sp³-hybridized carbons (Fsp3) is 0.286. The maximum absolute atomic E-state index is 5.38. The second-order valence-corrected chi connectivity index (χ2v) is 4.91. The van der Waals surface area contributed by atoms with Crippen LogP contribution in [0.1, 0.15) is 11.8 Å². The minimum atomic E-state index is 0.935. The van der Waals surface area contributed by atoms with Crippen LogP contribution in [0.5, 0.6) is 5.75 Å². The smallest absolute Gasteiger partial charge is 0.127 e. The minimum absolute atomic E-state index is 0.935. The average Bonchev–Trinajstić information content (AvgIpc) is 2.85. The van der Waals surface area contributed by atoms with E-state index < -0.39 is 0 Å². The van der Waals surface area contributed by atoms with Gasteiger partial charge < -0.3 is 10.1 Å². The molecule has 0 fully saturated rings. The van der Waals surface area contributed by atoms with Gasteiger partial charge in [0, 0.05) is 21.9 Å². The lowest BCUT2D eigenvalue weighted by atomic mass is 10.1. The van der Waals surface area contributed by atoms with E-state index in [-0.39, 0.29) is 0 Å². The molecule has 1 aromatic heterocycles. The van der Waals surface area contributed by atoms with Crippen LogP contribution in [0.2, 0.25) is 0 Å². The van der Waals surface area contributed by atoms with Gasteiger partial charge in [0.05, 0.1) is 7.11 Å². The molecule has 0 bridgehead atoms. The molecule has 0 atom stereocenters. The van der Waals surface area contributed by atoms with Gasteiger partial charge in [-0.25, -0.2) is 0 Å². The van der Waals surface area contributed by atoms with Crippen molar-refractivity contribution in [3.8, 4) is 16.2 Å². The molecular weight excluding hydrogens is 230 g/mol. The lowest BCUT2D eigenvalue weighted by Crippen LogP contribution is -2.10. The Morgan fingerprint density at radius 1 is 1.18 bits per heavy atom. The van der Waals surface area contributed by atoms with Crippen LogP contribution in [0.15, 0.2) is 36.4 Å². The quantitative estimate of drug-likeness (QED) is 0.872. The molecule has 0 aliphatic heterocycles. The molecule has 2 rings (SSSR count). The van der Waals surface area contributed by atoms with Crippen molar-refractivity contribution in [2.45, 2.75) is 13.5 Å². The van der Waals surface area contributed by atoms with Gasteiger partial charge in [-0.1, -0.05) is 19.1 Å². The molecule has 0 aliphatic carbocycles. The van der Waals surface area contributed by atoms with Gasteiger partial charge >= 0.3 is 0 Å². The monoisotopic (exact) mass is 247 g/mol. The molecule has 3 heteroatoms. The highest BCUT2D eigenvalue weighted by Gasteiger charge is 2.07. The number of thiophene rings is 1. The number of hydrogen-bond acceptors (Lipinski definition) is 3. The highest BCUT2D eigenvalue weighted by atomic mass is 32.1. The average molecular weight is 247 g/mol. The summed E-state index contributed by atoms with van der Waals surface area (Å²) in [7, 11) is 1.71. The van der Waals surface area contributed by atoms with Crippen molar-refractivity contribution >= 4 is 11.3 Å². The van der Waals surface area contributed by atoms with E-state index in [1.54, 1.807) is 7.11 Å². The Kier molecular flexibility index (Phi) is 4.18. The molecule has 1 heterocycles. The van der Waals surface area contributed by atoms with Crippen molar-refractivity contribution in [3.63, 3.8) is 0 Å². The van der Waals surface area contributed by atoms with Crippen molar-refractivity contribution in [1.29, 1.82) is 0 Å². The Balaban J connectivity index is 2.24. The van der Waals surface area contributed by atoms with Crippen molar-refractivity contribution in [2.75, 3.05) is 13.7 Å². The van der Waals surface area contributed by atoms with E-state index in [0.29, 0.717) is 0 Å². The van der Waals surface area contributed by atoms with E-state index in [9.17, 15) is 0 Å². The summed E-state index contributed by atoms with van der Waals surface area (Å²) in [5.41, 5.74) is 1.17. The number of para-hydroxylation sites is 1. The molecule has 0 unspecified atom stereocenters. The summed E-state index contributed by atoms with van der Waals surface area (Å²) >= 11 is 1.81. The van der Waals surface area contributed by atoms with Crippen molar-refractivity contribution in [1.82, 2.24) is 5.32 Å². The SMILES string of the molecule is CCNCc1ccc(-c2ccccc2OC)s1. The van der Waals surface area contributed by atoms with Crippen LogP contribution in [0.3, 0.4) is 0 Å². The standard InChI is InChI=1S/C14H17NOS/c1-3-15-10-11-8-9-14(17-11)12-6-4-5-7-13(12)16-2/h4-9,15H,3,10H2,1-2H3. The van der Waals surface area contributed by atoms with Gasteiger partial charge in [0.15, 0.2) is 0 Å². The molecule has 0 radical (unpaired) electrons. The third kappa shape index (κ3) is 2.87. The summed E-state index contributed by atoms with van der Waals surface area (Å²) in [6, 6.07) is 12.5. The van der Waals surface area contributed by atoms with E-state index in [2.05, 4.69) is 30.4 Å². The minimum Gasteiger partial charge on any atom is -0.496 e. The first-order valence-corrected chi connectivity index (χ1v) is 6.59. The molecule has 1 N–H and O–H groups in total. The fourth-order valence-corrected chi connectivity index (χ4v) is 2.72. The fourth-order valence-electron chi connectivity index (χ4n) is 1.71. The van der Waals surface area contributed by atoms with Gasteiger partial charge in [-0.15, -0.1) is 11.3 Å². The van der Waals surface area contributed by atoms with Gasteiger partial charge in [-0.3, -0.25) is 0 Å². The van der Waals surface area contributed by atoms with Gasteiger partial charge in [-0.05, 0) is 30.8 Å². The summed E-state index contributed by atoms with van der Waals surface area (Å²) in [5, 5.41) is 3.34. The topological polar surface area (TPSA) is 21.3 Å². The first-order chi connectivity index (χ1) is 8.35. The Morgan fingerprint density at radius 3 is 2.76 bits per heavy atom. The zero-order chi connectivity index (χ0) is 12.1. The van der Waals surface area contributed by atoms with Gasteiger partial charge in [0.2, 0.25) is 0 Å². The van der Waals surface area contributed by atoms with E-state index in [4.69, 9.17) is 4.74 Å². The van der Waals surface area contributed by atoms with Crippen LogP contribution in [-0.4, -0.2) is 13.7 Å². The van der Waals surface area contributed by atoms with E-state index >= 15 is 0 Å². The maximum atomic E-state index is 5.38. The molecule has 90 valence electrons. The Bertz CT molecular complexity index is 479. The largest absolute Gasteiger partial charge is 0.496 e. The summed E-state index contributed by atoms with van der Waals surface area (Å²) in [6.45, 7) is 4.06. The number of methoxy groups -OCH3 is 1. The number of ether oxygens (including phenoxy) is 1. The molecule has 0 amide bonds. The molecular formula is C14H17NOS. The summed E-state index contributed by atoms with van der Waals surface area (Å²) < 4.78 is 5.38. The van der Waals surface area contributed by atoms with E-state index in [0.717, 1.165) is 18.8 Å². The second-order valence-electron chi connectivity index (χ2n) is 3.75. The zero-order valence-corrected chi connectivity index (χ0v) is 11.0. The predicted octanol–water partition coefficient (Wildman–Crippen LogP) is 3.53. The van der Waals surface area contributed by atoms with Crippen LogP contribution in [0.25, 0.3) is 10.4 Å². The molecule has 0 saturated carbocycles. The van der Waals surface area contributed by atoms with Crippen LogP contribution in [-0.2, 0) is 6.54 Å². The van der Waals surface area contributed by atoms with Crippen molar-refractivity contribution < 1.29 is 4.74 Å². The maximum Gasteiger partial charge on any atom is 0.127 e. The van der Waals surface area contributed by atoms with E-state index in [1.807, 2.05) is 29.5 Å². The lowest BCUT2D eigenvalue weighted by Gasteiger charge is -2.05. The molecule has 2 nitrogen and oxygen atoms in total. The van der Waals surface area contributed by atoms with Crippen molar-refractivity contribution in [3.05, 3.63) is 41.3 Å². The van der Waals surface area contributed by atoms with Crippen LogP contribution < -0.4 is 10.1 Å². The molecule has 0 spiro atoms. The molecule has 1 aromatic carbocycles. The molecule has 0 saturated heterocycles. The molecule has 2 aromatic rings. The number of hydrogen-bond donors (Lipinski definition) is 1. The molecule has 17 heavy (non-hydrogen) atoms. The third-order valence-corrected chi connectivity index (χ3v) is 3.70. The first kappa shape index (κ1) is 12.1. The highest BCUT2D eigenvalue weighted by molar-refractivity contribution is 7.15. The Morgan fingerprint density at radius 2 is 2.00 bits per heavy atom. The highest BCUT2D eigenvalue weighted by Crippen LogP contribution is 2.34. The lowest BCUT2D eigenvalue weighted by molar-refractivity contribution is 0.416.